The molecule has 7 nitrogen and oxygen atoms in total. The van der Waals surface area contributed by atoms with Crippen molar-refractivity contribution in [2.75, 3.05) is 21.3 Å². The van der Waals surface area contributed by atoms with Crippen molar-refractivity contribution in [2.24, 2.45) is 0 Å². The van der Waals surface area contributed by atoms with Crippen molar-refractivity contribution in [2.45, 2.75) is 43.8 Å². The maximum absolute atomic E-state index is 12.9. The van der Waals surface area contributed by atoms with Crippen molar-refractivity contribution < 1.29 is 14.3 Å². The number of benzene rings is 1. The van der Waals surface area contributed by atoms with Gasteiger partial charge in [-0.3, -0.25) is 9.89 Å². The molecule has 0 radical (unpaired) electrons. The van der Waals surface area contributed by atoms with Crippen LogP contribution in [0.1, 0.15) is 36.2 Å². The maximum Gasteiger partial charge on any atom is 0.271 e. The average molecular weight is 370 g/mol. The van der Waals surface area contributed by atoms with Gasteiger partial charge >= 0.3 is 0 Å². The van der Waals surface area contributed by atoms with Crippen molar-refractivity contribution in [3.05, 3.63) is 30.0 Å². The predicted molar refractivity (Wildman–Crippen MR) is 102 cm³/mol. The summed E-state index contributed by atoms with van der Waals surface area (Å²) in [6, 6.07) is 8.78. The van der Waals surface area contributed by atoms with Crippen LogP contribution in [0.2, 0.25) is 0 Å². The number of piperidine rings is 1. The molecule has 3 heterocycles. The van der Waals surface area contributed by atoms with Crippen LogP contribution in [0.25, 0.3) is 11.3 Å². The number of fused-ring (bicyclic) bond motifs is 2. The number of carbonyl (C=O) groups is 1. The monoisotopic (exact) mass is 370 g/mol. The second-order valence-corrected chi connectivity index (χ2v) is 7.42. The topological polar surface area (TPSA) is 79.5 Å². The summed E-state index contributed by atoms with van der Waals surface area (Å²) in [6.07, 6.45) is 4.48. The van der Waals surface area contributed by atoms with Crippen LogP contribution in [0, 0.1) is 0 Å². The molecule has 0 saturated carbocycles. The molecule has 7 heteroatoms. The number of carbonyl (C=O) groups excluding carboxylic acids is 1. The van der Waals surface area contributed by atoms with E-state index in [2.05, 4.69) is 15.5 Å². The highest BCUT2D eigenvalue weighted by molar-refractivity contribution is 5.93. The van der Waals surface area contributed by atoms with E-state index in [1.165, 1.54) is 12.8 Å². The third kappa shape index (κ3) is 3.39. The minimum Gasteiger partial charge on any atom is -0.493 e. The molecular formula is C20H26N4O3. The maximum atomic E-state index is 12.9. The molecule has 2 aromatic rings. The number of hydrogen-bond donors (Lipinski definition) is 2. The Labute approximate surface area is 159 Å². The van der Waals surface area contributed by atoms with E-state index < -0.39 is 0 Å². The van der Waals surface area contributed by atoms with Crippen molar-refractivity contribution in [3.63, 3.8) is 0 Å². The standard InChI is InChI=1S/C20H26N4O3/c1-24(15-9-13-5-6-14(10-15)21-13)20(25)17-11-16(22-23-17)12-4-7-18(26-2)19(8-12)27-3/h4,7-8,11,13-15,21H,5-6,9-10H2,1-3H3,(H,22,23). The van der Waals surface area contributed by atoms with Gasteiger partial charge in [0.2, 0.25) is 0 Å². The van der Waals surface area contributed by atoms with Crippen molar-refractivity contribution in [1.29, 1.82) is 0 Å². The lowest BCUT2D eigenvalue weighted by Crippen LogP contribution is -2.48. The highest BCUT2D eigenvalue weighted by atomic mass is 16.5. The van der Waals surface area contributed by atoms with E-state index in [4.69, 9.17) is 9.47 Å². The lowest BCUT2D eigenvalue weighted by Gasteiger charge is -2.35. The molecular weight excluding hydrogens is 344 g/mol. The summed E-state index contributed by atoms with van der Waals surface area (Å²) in [5.74, 6) is 1.28. The molecule has 2 saturated heterocycles. The quantitative estimate of drug-likeness (QED) is 0.845. The van der Waals surface area contributed by atoms with E-state index in [0.717, 1.165) is 18.4 Å². The molecule has 2 N–H and O–H groups in total. The summed E-state index contributed by atoms with van der Waals surface area (Å²) >= 11 is 0. The first-order valence-electron chi connectivity index (χ1n) is 9.40. The number of nitrogens with one attached hydrogen (secondary N) is 2. The summed E-state index contributed by atoms with van der Waals surface area (Å²) < 4.78 is 10.6. The first-order chi connectivity index (χ1) is 13.1. The zero-order chi connectivity index (χ0) is 19.0. The highest BCUT2D eigenvalue weighted by Gasteiger charge is 2.36. The fourth-order valence-corrected chi connectivity index (χ4v) is 4.27. The van der Waals surface area contributed by atoms with Gasteiger partial charge in [-0.1, -0.05) is 0 Å². The number of methoxy groups -OCH3 is 2. The number of nitrogens with zero attached hydrogens (tertiary/aromatic N) is 2. The van der Waals surface area contributed by atoms with E-state index in [1.807, 2.05) is 30.1 Å². The number of ether oxygens (including phenoxy) is 2. The third-order valence-corrected chi connectivity index (χ3v) is 5.80. The lowest BCUT2D eigenvalue weighted by atomic mass is 9.98. The second-order valence-electron chi connectivity index (χ2n) is 7.42. The van der Waals surface area contributed by atoms with E-state index in [-0.39, 0.29) is 11.9 Å². The van der Waals surface area contributed by atoms with Crippen LogP contribution >= 0.6 is 0 Å². The van der Waals surface area contributed by atoms with Crippen molar-refractivity contribution in [3.8, 4) is 22.8 Å². The van der Waals surface area contributed by atoms with Crippen LogP contribution in [0.15, 0.2) is 24.3 Å². The Morgan fingerprint density at radius 1 is 1.11 bits per heavy atom. The van der Waals surface area contributed by atoms with Crippen LogP contribution in [-0.4, -0.2) is 60.4 Å². The van der Waals surface area contributed by atoms with Crippen LogP contribution in [0.3, 0.4) is 0 Å². The molecule has 1 amide bonds. The molecule has 1 aromatic heterocycles. The van der Waals surface area contributed by atoms with Crippen LogP contribution in [0.5, 0.6) is 11.5 Å². The Balaban J connectivity index is 1.51. The van der Waals surface area contributed by atoms with E-state index in [9.17, 15) is 4.79 Å². The van der Waals surface area contributed by atoms with Gasteiger partial charge in [0.15, 0.2) is 11.5 Å². The SMILES string of the molecule is COc1ccc(-c2cc(C(=O)N(C)C3CC4CCC(C3)N4)[nH]n2)cc1OC. The number of aromatic amines is 1. The molecule has 2 bridgehead atoms. The zero-order valence-electron chi connectivity index (χ0n) is 16.0. The Kier molecular flexibility index (Phi) is 4.78. The number of aromatic nitrogens is 2. The molecule has 2 atom stereocenters. The molecule has 1 aromatic carbocycles. The minimum absolute atomic E-state index is 0.0134. The molecule has 2 aliphatic rings. The number of hydrogen-bond acceptors (Lipinski definition) is 5. The minimum atomic E-state index is -0.0134. The molecule has 0 aliphatic carbocycles. The van der Waals surface area contributed by atoms with E-state index in [1.54, 1.807) is 20.3 Å². The van der Waals surface area contributed by atoms with Crippen molar-refractivity contribution in [1.82, 2.24) is 20.4 Å². The third-order valence-electron chi connectivity index (χ3n) is 5.80. The van der Waals surface area contributed by atoms with Gasteiger partial charge in [0, 0.05) is 30.7 Å². The van der Waals surface area contributed by atoms with E-state index in [0.29, 0.717) is 35.0 Å². The normalized spacial score (nSPS) is 23.9. The largest absolute Gasteiger partial charge is 0.493 e. The van der Waals surface area contributed by atoms with Gasteiger partial charge in [-0.05, 0) is 49.9 Å². The molecule has 27 heavy (non-hydrogen) atoms. The number of amides is 1. The fraction of sp³-hybridized carbons (Fsp3) is 0.500. The fourth-order valence-electron chi connectivity index (χ4n) is 4.27. The number of H-pyrrole nitrogens is 1. The zero-order valence-corrected chi connectivity index (χ0v) is 16.0. The van der Waals surface area contributed by atoms with Crippen LogP contribution in [0.4, 0.5) is 0 Å². The van der Waals surface area contributed by atoms with Gasteiger partial charge in [-0.25, -0.2) is 0 Å². The van der Waals surface area contributed by atoms with Gasteiger partial charge in [-0.15, -0.1) is 0 Å². The molecule has 2 unspecified atom stereocenters. The second kappa shape index (κ2) is 7.23. The van der Waals surface area contributed by atoms with Crippen molar-refractivity contribution >= 4 is 5.91 Å². The Hall–Kier alpha value is -2.54. The van der Waals surface area contributed by atoms with E-state index >= 15 is 0 Å². The number of rotatable bonds is 5. The Morgan fingerprint density at radius 2 is 1.81 bits per heavy atom. The van der Waals surface area contributed by atoms with Gasteiger partial charge in [-0.2, -0.15) is 5.10 Å². The van der Waals surface area contributed by atoms with Gasteiger partial charge in [0.05, 0.1) is 19.9 Å². The Bertz CT molecular complexity index is 822. The summed E-state index contributed by atoms with van der Waals surface area (Å²) in [6.45, 7) is 0. The van der Waals surface area contributed by atoms with Gasteiger partial charge in [0.1, 0.15) is 5.69 Å². The lowest BCUT2D eigenvalue weighted by molar-refractivity contribution is 0.0675. The summed E-state index contributed by atoms with van der Waals surface area (Å²) in [5.41, 5.74) is 2.08. The summed E-state index contributed by atoms with van der Waals surface area (Å²) in [4.78, 5) is 14.8. The summed E-state index contributed by atoms with van der Waals surface area (Å²) in [7, 11) is 5.10. The first kappa shape index (κ1) is 17.9. The first-order valence-corrected chi connectivity index (χ1v) is 9.40. The Morgan fingerprint density at radius 3 is 2.48 bits per heavy atom. The predicted octanol–water partition coefficient (Wildman–Crippen LogP) is 2.45. The molecule has 2 fully saturated rings. The van der Waals surface area contributed by atoms with Gasteiger partial charge < -0.3 is 19.7 Å². The van der Waals surface area contributed by atoms with Crippen LogP contribution < -0.4 is 14.8 Å². The molecule has 0 spiro atoms. The molecule has 144 valence electrons. The average Bonchev–Trinajstić information content (AvgIpc) is 3.32. The van der Waals surface area contributed by atoms with Gasteiger partial charge in [0.25, 0.3) is 5.91 Å². The highest BCUT2D eigenvalue weighted by Crippen LogP contribution is 2.32. The summed E-state index contributed by atoms with van der Waals surface area (Å²) in [5, 5.41) is 10.8. The smallest absolute Gasteiger partial charge is 0.271 e. The van der Waals surface area contributed by atoms with Crippen LogP contribution in [-0.2, 0) is 0 Å². The molecule has 2 aliphatic heterocycles. The molecule has 4 rings (SSSR count).